The number of halogens is 1. The molecule has 1 aliphatic heterocycles. The zero-order valence-corrected chi connectivity index (χ0v) is 19.7. The van der Waals surface area contributed by atoms with E-state index in [1.54, 1.807) is 18.2 Å². The van der Waals surface area contributed by atoms with E-state index in [9.17, 15) is 13.2 Å². The standard InChI is InChI=1S/C23H30ClN3O3S/c1-18-7-10-20(24)16-22(18)27(31(2,29)30)15-5-6-23(28)25-17-19-8-11-21(12-9-19)26-13-3-4-14-26/h7-12,16H,3-6,13-15,17H2,1-2H3,(H,25,28). The topological polar surface area (TPSA) is 69.7 Å². The Kier molecular flexibility index (Phi) is 7.84. The highest BCUT2D eigenvalue weighted by Crippen LogP contribution is 2.26. The van der Waals surface area contributed by atoms with Crippen LogP contribution in [0.1, 0.15) is 36.8 Å². The van der Waals surface area contributed by atoms with Gasteiger partial charge in [-0.1, -0.05) is 29.8 Å². The van der Waals surface area contributed by atoms with Gasteiger partial charge in [-0.05, 0) is 61.6 Å². The Bertz CT molecular complexity index is 1000. The summed E-state index contributed by atoms with van der Waals surface area (Å²) in [6.07, 6.45) is 4.31. The van der Waals surface area contributed by atoms with Gasteiger partial charge >= 0.3 is 0 Å². The van der Waals surface area contributed by atoms with Gasteiger partial charge in [-0.3, -0.25) is 9.10 Å². The molecule has 6 nitrogen and oxygen atoms in total. The highest BCUT2D eigenvalue weighted by Gasteiger charge is 2.20. The van der Waals surface area contributed by atoms with E-state index in [4.69, 9.17) is 11.6 Å². The van der Waals surface area contributed by atoms with Crippen LogP contribution in [0.2, 0.25) is 5.02 Å². The molecule has 0 spiro atoms. The van der Waals surface area contributed by atoms with Crippen LogP contribution in [0.5, 0.6) is 0 Å². The van der Waals surface area contributed by atoms with Gasteiger partial charge in [0.2, 0.25) is 15.9 Å². The molecule has 1 saturated heterocycles. The molecule has 168 valence electrons. The third-order valence-corrected chi connectivity index (χ3v) is 6.92. The van der Waals surface area contributed by atoms with Crippen molar-refractivity contribution in [3.05, 3.63) is 58.6 Å². The monoisotopic (exact) mass is 463 g/mol. The maximum Gasteiger partial charge on any atom is 0.232 e. The summed E-state index contributed by atoms with van der Waals surface area (Å²) in [6, 6.07) is 13.4. The van der Waals surface area contributed by atoms with Gasteiger partial charge in [0, 0.05) is 43.3 Å². The molecule has 1 fully saturated rings. The fourth-order valence-corrected chi connectivity index (χ4v) is 4.97. The molecule has 2 aromatic carbocycles. The number of nitrogens with one attached hydrogen (secondary N) is 1. The second-order valence-electron chi connectivity index (χ2n) is 8.01. The second-order valence-corrected chi connectivity index (χ2v) is 10.4. The molecule has 0 atom stereocenters. The van der Waals surface area contributed by atoms with Crippen LogP contribution in [0.4, 0.5) is 11.4 Å². The van der Waals surface area contributed by atoms with E-state index in [1.807, 2.05) is 19.1 Å². The number of amides is 1. The predicted molar refractivity (Wildman–Crippen MR) is 127 cm³/mol. The van der Waals surface area contributed by atoms with Crippen molar-refractivity contribution in [2.75, 3.05) is 35.1 Å². The van der Waals surface area contributed by atoms with E-state index in [0.29, 0.717) is 23.7 Å². The Morgan fingerprint density at radius 3 is 2.45 bits per heavy atom. The molecule has 1 heterocycles. The van der Waals surface area contributed by atoms with Crippen LogP contribution in [-0.2, 0) is 21.4 Å². The third-order valence-electron chi connectivity index (χ3n) is 5.50. The van der Waals surface area contributed by atoms with Crippen molar-refractivity contribution in [1.82, 2.24) is 5.32 Å². The summed E-state index contributed by atoms with van der Waals surface area (Å²) in [5.74, 6) is -0.0973. The molecule has 0 radical (unpaired) electrons. The van der Waals surface area contributed by atoms with E-state index in [1.165, 1.54) is 29.1 Å². The average Bonchev–Trinajstić information content (AvgIpc) is 3.26. The van der Waals surface area contributed by atoms with Gasteiger partial charge in [0.1, 0.15) is 0 Å². The quantitative estimate of drug-likeness (QED) is 0.607. The highest BCUT2D eigenvalue weighted by molar-refractivity contribution is 7.92. The molecule has 1 amide bonds. The molecular weight excluding hydrogens is 434 g/mol. The molecule has 1 N–H and O–H groups in total. The molecule has 1 aliphatic rings. The molecule has 0 unspecified atom stereocenters. The number of rotatable bonds is 9. The van der Waals surface area contributed by atoms with E-state index in [2.05, 4.69) is 22.3 Å². The van der Waals surface area contributed by atoms with E-state index >= 15 is 0 Å². The maximum atomic E-state index is 12.3. The molecule has 0 aliphatic carbocycles. The molecule has 0 bridgehead atoms. The van der Waals surface area contributed by atoms with Crippen LogP contribution in [0.25, 0.3) is 0 Å². The SMILES string of the molecule is Cc1ccc(Cl)cc1N(CCCC(=O)NCc1ccc(N2CCCC2)cc1)S(C)(=O)=O. The summed E-state index contributed by atoms with van der Waals surface area (Å²) >= 11 is 6.05. The van der Waals surface area contributed by atoms with Gasteiger partial charge in [-0.25, -0.2) is 8.42 Å². The zero-order valence-electron chi connectivity index (χ0n) is 18.1. The van der Waals surface area contributed by atoms with Crippen molar-refractivity contribution in [1.29, 1.82) is 0 Å². The van der Waals surface area contributed by atoms with Crippen LogP contribution >= 0.6 is 11.6 Å². The number of carbonyl (C=O) groups is 1. The summed E-state index contributed by atoms with van der Waals surface area (Å²) in [6.45, 7) is 4.73. The Hall–Kier alpha value is -2.25. The lowest BCUT2D eigenvalue weighted by Gasteiger charge is -2.24. The minimum atomic E-state index is -3.48. The second kappa shape index (κ2) is 10.4. The minimum absolute atomic E-state index is 0.0973. The third kappa shape index (κ3) is 6.61. The Balaban J connectivity index is 1.49. The van der Waals surface area contributed by atoms with Gasteiger partial charge < -0.3 is 10.2 Å². The molecule has 31 heavy (non-hydrogen) atoms. The number of aryl methyl sites for hydroxylation is 1. The van der Waals surface area contributed by atoms with Crippen LogP contribution in [-0.4, -0.2) is 40.2 Å². The predicted octanol–water partition coefficient (Wildman–Crippen LogP) is 4.11. The molecular formula is C23H30ClN3O3S. The summed E-state index contributed by atoms with van der Waals surface area (Å²) in [5, 5.41) is 3.39. The van der Waals surface area contributed by atoms with Crippen LogP contribution in [0.15, 0.2) is 42.5 Å². The maximum absolute atomic E-state index is 12.3. The summed E-state index contributed by atoms with van der Waals surface area (Å²) < 4.78 is 25.9. The summed E-state index contributed by atoms with van der Waals surface area (Å²) in [5.41, 5.74) is 3.64. The van der Waals surface area contributed by atoms with Gasteiger partial charge in [0.15, 0.2) is 0 Å². The smallest absolute Gasteiger partial charge is 0.232 e. The van der Waals surface area contributed by atoms with E-state index in [0.717, 1.165) is 24.2 Å². The number of sulfonamides is 1. The fourth-order valence-electron chi connectivity index (χ4n) is 3.79. The highest BCUT2D eigenvalue weighted by atomic mass is 35.5. The lowest BCUT2D eigenvalue weighted by molar-refractivity contribution is -0.121. The molecule has 0 saturated carbocycles. The normalized spacial score (nSPS) is 14.0. The van der Waals surface area contributed by atoms with Gasteiger partial charge in [-0.15, -0.1) is 0 Å². The van der Waals surface area contributed by atoms with E-state index in [-0.39, 0.29) is 18.9 Å². The Morgan fingerprint density at radius 1 is 1.13 bits per heavy atom. The number of nitrogens with zero attached hydrogens (tertiary/aromatic N) is 2. The molecule has 0 aromatic heterocycles. The van der Waals surface area contributed by atoms with Crippen LogP contribution < -0.4 is 14.5 Å². The summed E-state index contributed by atoms with van der Waals surface area (Å²) in [7, 11) is -3.48. The molecule has 3 rings (SSSR count). The van der Waals surface area contributed by atoms with Crippen molar-refractivity contribution >= 4 is 38.9 Å². The zero-order chi connectivity index (χ0) is 22.4. The first-order valence-corrected chi connectivity index (χ1v) is 12.8. The summed E-state index contributed by atoms with van der Waals surface area (Å²) in [4.78, 5) is 14.6. The van der Waals surface area contributed by atoms with Crippen molar-refractivity contribution in [2.45, 2.75) is 39.2 Å². The van der Waals surface area contributed by atoms with Crippen molar-refractivity contribution in [3.8, 4) is 0 Å². The number of anilines is 2. The lowest BCUT2D eigenvalue weighted by atomic mass is 10.2. The Labute approximate surface area is 190 Å². The molecule has 2 aromatic rings. The first-order valence-electron chi connectivity index (χ1n) is 10.6. The van der Waals surface area contributed by atoms with Crippen molar-refractivity contribution in [3.63, 3.8) is 0 Å². The first kappa shape index (κ1) is 23.4. The van der Waals surface area contributed by atoms with Crippen molar-refractivity contribution in [2.24, 2.45) is 0 Å². The minimum Gasteiger partial charge on any atom is -0.372 e. The van der Waals surface area contributed by atoms with Gasteiger partial charge in [0.05, 0.1) is 11.9 Å². The lowest BCUT2D eigenvalue weighted by Crippen LogP contribution is -2.32. The number of carbonyl (C=O) groups excluding carboxylic acids is 1. The van der Waals surface area contributed by atoms with Gasteiger partial charge in [-0.2, -0.15) is 0 Å². The number of hydrogen-bond donors (Lipinski definition) is 1. The average molecular weight is 464 g/mol. The first-order chi connectivity index (χ1) is 14.7. The fraction of sp³-hybridized carbons (Fsp3) is 0.435. The van der Waals surface area contributed by atoms with Gasteiger partial charge in [0.25, 0.3) is 0 Å². The van der Waals surface area contributed by atoms with Crippen molar-refractivity contribution < 1.29 is 13.2 Å². The number of benzene rings is 2. The van der Waals surface area contributed by atoms with Crippen LogP contribution in [0.3, 0.4) is 0 Å². The van der Waals surface area contributed by atoms with E-state index < -0.39 is 10.0 Å². The largest absolute Gasteiger partial charge is 0.372 e. The Morgan fingerprint density at radius 2 is 1.81 bits per heavy atom. The molecule has 8 heteroatoms. The number of hydrogen-bond acceptors (Lipinski definition) is 4. The van der Waals surface area contributed by atoms with Crippen LogP contribution in [0, 0.1) is 6.92 Å².